The molecular weight excluding hydrogens is 286 g/mol. The lowest BCUT2D eigenvalue weighted by Crippen LogP contribution is -2.29. The Bertz CT molecular complexity index is 582. The van der Waals surface area contributed by atoms with Crippen LogP contribution in [-0.2, 0) is 0 Å². The van der Waals surface area contributed by atoms with Gasteiger partial charge in [-0.05, 0) is 47.9 Å². The van der Waals surface area contributed by atoms with Crippen molar-refractivity contribution in [3.8, 4) is 0 Å². The zero-order valence-corrected chi connectivity index (χ0v) is 11.8. The smallest absolute Gasteiger partial charge is 0.126 e. The van der Waals surface area contributed by atoms with Gasteiger partial charge in [0.15, 0.2) is 0 Å². The summed E-state index contributed by atoms with van der Waals surface area (Å²) in [6.45, 7) is 1.71. The molecule has 0 aromatic heterocycles. The van der Waals surface area contributed by atoms with Crippen molar-refractivity contribution >= 4 is 23.2 Å². The molecule has 19 heavy (non-hydrogen) atoms. The van der Waals surface area contributed by atoms with Crippen molar-refractivity contribution in [2.75, 3.05) is 0 Å². The fraction of sp³-hybridized carbons (Fsp3) is 0.143. The Labute approximate surface area is 121 Å². The lowest BCUT2D eigenvalue weighted by molar-refractivity contribution is 0.599. The number of hydrogen-bond acceptors (Lipinski definition) is 2. The Kier molecular flexibility index (Phi) is 4.42. The third-order valence-electron chi connectivity index (χ3n) is 2.91. The summed E-state index contributed by atoms with van der Waals surface area (Å²) in [5.41, 5.74) is 4.73. The van der Waals surface area contributed by atoms with Gasteiger partial charge in [-0.3, -0.25) is 5.84 Å². The van der Waals surface area contributed by atoms with Crippen LogP contribution >= 0.6 is 23.2 Å². The predicted molar refractivity (Wildman–Crippen MR) is 76.8 cm³/mol. The first-order valence-electron chi connectivity index (χ1n) is 5.69. The van der Waals surface area contributed by atoms with Gasteiger partial charge in [-0.1, -0.05) is 35.3 Å². The van der Waals surface area contributed by atoms with Crippen molar-refractivity contribution in [3.63, 3.8) is 0 Å². The minimum atomic E-state index is -0.369. The highest BCUT2D eigenvalue weighted by molar-refractivity contribution is 6.34. The molecular formula is C14H13Cl2FN2. The first-order valence-corrected chi connectivity index (χ1v) is 6.45. The van der Waals surface area contributed by atoms with Gasteiger partial charge in [-0.25, -0.2) is 9.82 Å². The van der Waals surface area contributed by atoms with E-state index in [-0.39, 0.29) is 11.9 Å². The molecule has 0 radical (unpaired) electrons. The highest BCUT2D eigenvalue weighted by Gasteiger charge is 2.15. The summed E-state index contributed by atoms with van der Waals surface area (Å²) in [7, 11) is 0. The van der Waals surface area contributed by atoms with Crippen LogP contribution in [0.3, 0.4) is 0 Å². The van der Waals surface area contributed by atoms with Gasteiger partial charge in [0.1, 0.15) is 5.82 Å². The van der Waals surface area contributed by atoms with Crippen molar-refractivity contribution in [3.05, 3.63) is 69.0 Å². The number of hydrogen-bond donors (Lipinski definition) is 2. The molecule has 5 heteroatoms. The summed E-state index contributed by atoms with van der Waals surface area (Å²) in [5.74, 6) is 5.29. The molecule has 0 fully saturated rings. The van der Waals surface area contributed by atoms with Crippen LogP contribution in [0.5, 0.6) is 0 Å². The van der Waals surface area contributed by atoms with Crippen molar-refractivity contribution < 1.29 is 4.39 Å². The number of aryl methyl sites for hydroxylation is 1. The van der Waals surface area contributed by atoms with Gasteiger partial charge in [0.05, 0.1) is 6.04 Å². The van der Waals surface area contributed by atoms with Crippen molar-refractivity contribution in [1.82, 2.24) is 5.43 Å². The molecule has 1 unspecified atom stereocenters. The largest absolute Gasteiger partial charge is 0.271 e. The molecule has 3 N–H and O–H groups in total. The maximum atomic E-state index is 13.6. The predicted octanol–water partition coefficient (Wildman–Crippen LogP) is 3.99. The van der Waals surface area contributed by atoms with Gasteiger partial charge in [-0.15, -0.1) is 0 Å². The monoisotopic (exact) mass is 298 g/mol. The Morgan fingerprint density at radius 3 is 2.21 bits per heavy atom. The van der Waals surface area contributed by atoms with Crippen LogP contribution in [0.15, 0.2) is 36.4 Å². The number of nitrogens with one attached hydrogen (secondary N) is 1. The van der Waals surface area contributed by atoms with Crippen LogP contribution in [0.2, 0.25) is 10.0 Å². The highest BCUT2D eigenvalue weighted by atomic mass is 35.5. The molecule has 0 aliphatic carbocycles. The quantitative estimate of drug-likeness (QED) is 0.664. The SMILES string of the molecule is Cc1ccc(C(NN)c2cc(Cl)cc(Cl)c2)cc1F. The summed E-state index contributed by atoms with van der Waals surface area (Å²) in [6.07, 6.45) is 0. The molecule has 0 aliphatic rings. The van der Waals surface area contributed by atoms with Crippen molar-refractivity contribution in [2.45, 2.75) is 13.0 Å². The van der Waals surface area contributed by atoms with E-state index in [1.807, 2.05) is 6.07 Å². The summed E-state index contributed by atoms with van der Waals surface area (Å²) < 4.78 is 13.6. The topological polar surface area (TPSA) is 38.0 Å². The zero-order chi connectivity index (χ0) is 14.0. The van der Waals surface area contributed by atoms with Crippen LogP contribution in [0.4, 0.5) is 4.39 Å². The number of nitrogens with two attached hydrogens (primary N) is 1. The van der Waals surface area contributed by atoms with Gasteiger partial charge in [0.25, 0.3) is 0 Å². The van der Waals surface area contributed by atoms with Gasteiger partial charge in [-0.2, -0.15) is 0 Å². The first kappa shape index (κ1) is 14.3. The molecule has 2 rings (SSSR count). The van der Waals surface area contributed by atoms with E-state index in [9.17, 15) is 4.39 Å². The molecule has 0 saturated carbocycles. The van der Waals surface area contributed by atoms with E-state index >= 15 is 0 Å². The molecule has 2 nitrogen and oxygen atoms in total. The van der Waals surface area contributed by atoms with Crippen LogP contribution in [0, 0.1) is 12.7 Å². The molecule has 100 valence electrons. The van der Waals surface area contributed by atoms with Crippen LogP contribution in [0.1, 0.15) is 22.7 Å². The fourth-order valence-corrected chi connectivity index (χ4v) is 2.46. The Balaban J connectivity index is 2.46. The summed E-state index contributed by atoms with van der Waals surface area (Å²) in [5, 5.41) is 1.02. The van der Waals surface area contributed by atoms with Crippen molar-refractivity contribution in [1.29, 1.82) is 0 Å². The molecule has 0 heterocycles. The molecule has 1 atom stereocenters. The standard InChI is InChI=1S/C14H13Cl2FN2/c1-8-2-3-9(6-13(8)17)14(19-18)10-4-11(15)7-12(16)5-10/h2-7,14,19H,18H2,1H3. The molecule has 2 aromatic rings. The molecule has 0 bridgehead atoms. The van der Waals surface area contributed by atoms with Crippen LogP contribution in [-0.4, -0.2) is 0 Å². The average molecular weight is 299 g/mol. The molecule has 0 amide bonds. The van der Waals surface area contributed by atoms with E-state index in [2.05, 4.69) is 5.43 Å². The number of rotatable bonds is 3. The normalized spacial score (nSPS) is 12.5. The maximum Gasteiger partial charge on any atom is 0.126 e. The van der Waals surface area contributed by atoms with Gasteiger partial charge in [0.2, 0.25) is 0 Å². The van der Waals surface area contributed by atoms with E-state index in [1.165, 1.54) is 6.07 Å². The van der Waals surface area contributed by atoms with Gasteiger partial charge >= 0.3 is 0 Å². The second kappa shape index (κ2) is 5.88. The second-order valence-corrected chi connectivity index (χ2v) is 5.18. The van der Waals surface area contributed by atoms with Crippen LogP contribution in [0.25, 0.3) is 0 Å². The average Bonchev–Trinajstić information content (AvgIpc) is 2.33. The van der Waals surface area contributed by atoms with Crippen LogP contribution < -0.4 is 11.3 Å². The molecule has 0 aliphatic heterocycles. The van der Waals surface area contributed by atoms with E-state index in [0.29, 0.717) is 21.2 Å². The molecule has 0 spiro atoms. The molecule has 2 aromatic carbocycles. The van der Waals surface area contributed by atoms with Gasteiger partial charge in [0, 0.05) is 10.0 Å². The Morgan fingerprint density at radius 1 is 1.05 bits per heavy atom. The first-order chi connectivity index (χ1) is 9.01. The number of hydrazine groups is 1. The third kappa shape index (κ3) is 3.25. The summed E-state index contributed by atoms with van der Waals surface area (Å²) >= 11 is 11.9. The number of halogens is 3. The Hall–Kier alpha value is -1.13. The minimum Gasteiger partial charge on any atom is -0.271 e. The third-order valence-corrected chi connectivity index (χ3v) is 3.35. The lowest BCUT2D eigenvalue weighted by atomic mass is 9.98. The summed E-state index contributed by atoms with van der Waals surface area (Å²) in [6, 6.07) is 9.74. The van der Waals surface area contributed by atoms with Crippen molar-refractivity contribution in [2.24, 2.45) is 5.84 Å². The zero-order valence-electron chi connectivity index (χ0n) is 10.3. The Morgan fingerprint density at radius 2 is 1.68 bits per heavy atom. The van der Waals surface area contributed by atoms with E-state index in [1.54, 1.807) is 31.2 Å². The molecule has 0 saturated heterocycles. The maximum absolute atomic E-state index is 13.6. The highest BCUT2D eigenvalue weighted by Crippen LogP contribution is 2.28. The van der Waals surface area contributed by atoms with E-state index in [4.69, 9.17) is 29.0 Å². The second-order valence-electron chi connectivity index (χ2n) is 4.31. The fourth-order valence-electron chi connectivity index (χ4n) is 1.92. The summed E-state index contributed by atoms with van der Waals surface area (Å²) in [4.78, 5) is 0. The van der Waals surface area contributed by atoms with E-state index in [0.717, 1.165) is 5.56 Å². The number of benzene rings is 2. The lowest BCUT2D eigenvalue weighted by Gasteiger charge is -2.18. The van der Waals surface area contributed by atoms with Gasteiger partial charge < -0.3 is 0 Å². The van der Waals surface area contributed by atoms with E-state index < -0.39 is 0 Å². The minimum absolute atomic E-state index is 0.272.